The number of para-hydroxylation sites is 1. The van der Waals surface area contributed by atoms with Crippen molar-refractivity contribution in [2.45, 2.75) is 65.6 Å². The van der Waals surface area contributed by atoms with Crippen LogP contribution in [0.2, 0.25) is 0 Å². The first-order valence-corrected chi connectivity index (χ1v) is 12.6. The topological polar surface area (TPSA) is 72.5 Å². The molecule has 0 saturated carbocycles. The van der Waals surface area contributed by atoms with Crippen LogP contribution in [0.3, 0.4) is 0 Å². The number of hydrogen-bond donors (Lipinski definition) is 0. The first kappa shape index (κ1) is 24.3. The number of carbonyl (C=O) groups excluding carboxylic acids is 1. The Morgan fingerprint density at radius 3 is 2.41 bits per heavy atom. The zero-order valence-electron chi connectivity index (χ0n) is 19.9. The molecule has 0 atom stereocenters. The standard InChI is InChI=1S/C24H35N5O2S/c1-6-7-10-13-28-22(31)19-11-8-9-12-20(19)29-23(28)25-26-24(29)32-16-21(30)27(14-17(2)3)15-18(4)5/h8-9,11-12,17-18H,6-7,10,13-16H2,1-5H3. The minimum absolute atomic E-state index is 0.0377. The summed E-state index contributed by atoms with van der Waals surface area (Å²) in [5.41, 5.74) is 0.740. The Kier molecular flexibility index (Phi) is 8.34. The number of thioether (sulfide) groups is 1. The van der Waals surface area contributed by atoms with Crippen LogP contribution in [0.4, 0.5) is 0 Å². The van der Waals surface area contributed by atoms with Crippen molar-refractivity contribution in [1.82, 2.24) is 24.1 Å². The van der Waals surface area contributed by atoms with Gasteiger partial charge >= 0.3 is 0 Å². The number of hydrogen-bond acceptors (Lipinski definition) is 5. The van der Waals surface area contributed by atoms with Gasteiger partial charge in [-0.3, -0.25) is 18.6 Å². The van der Waals surface area contributed by atoms with Gasteiger partial charge in [-0.25, -0.2) is 0 Å². The van der Waals surface area contributed by atoms with Gasteiger partial charge in [0, 0.05) is 19.6 Å². The molecular formula is C24H35N5O2S. The molecule has 174 valence electrons. The second-order valence-electron chi connectivity index (χ2n) is 9.17. The van der Waals surface area contributed by atoms with Crippen molar-refractivity contribution in [1.29, 1.82) is 0 Å². The lowest BCUT2D eigenvalue weighted by atomic mass is 10.1. The number of unbranched alkanes of at least 4 members (excludes halogenated alkanes) is 2. The summed E-state index contributed by atoms with van der Waals surface area (Å²) in [6.07, 6.45) is 3.05. The second-order valence-corrected chi connectivity index (χ2v) is 10.1. The lowest BCUT2D eigenvalue weighted by Gasteiger charge is -2.26. The van der Waals surface area contributed by atoms with Crippen molar-refractivity contribution in [2.24, 2.45) is 11.8 Å². The molecule has 0 spiro atoms. The summed E-state index contributed by atoms with van der Waals surface area (Å²) in [5.74, 6) is 1.77. The Morgan fingerprint density at radius 2 is 1.75 bits per heavy atom. The average Bonchev–Trinajstić information content (AvgIpc) is 3.17. The normalized spacial score (nSPS) is 11.8. The van der Waals surface area contributed by atoms with E-state index in [0.717, 1.165) is 37.9 Å². The third kappa shape index (κ3) is 5.52. The van der Waals surface area contributed by atoms with Gasteiger partial charge in [0.25, 0.3) is 5.56 Å². The van der Waals surface area contributed by atoms with E-state index in [4.69, 9.17) is 0 Å². The molecule has 32 heavy (non-hydrogen) atoms. The number of nitrogens with zero attached hydrogens (tertiary/aromatic N) is 5. The van der Waals surface area contributed by atoms with Gasteiger partial charge in [-0.2, -0.15) is 0 Å². The fourth-order valence-electron chi connectivity index (χ4n) is 3.93. The Hall–Kier alpha value is -2.35. The predicted molar refractivity (Wildman–Crippen MR) is 131 cm³/mol. The Balaban J connectivity index is 1.94. The number of benzene rings is 1. The van der Waals surface area contributed by atoms with E-state index in [-0.39, 0.29) is 11.5 Å². The van der Waals surface area contributed by atoms with Gasteiger partial charge in [0.15, 0.2) is 5.16 Å². The van der Waals surface area contributed by atoms with Crippen LogP contribution in [-0.4, -0.2) is 48.8 Å². The molecule has 1 amide bonds. The summed E-state index contributed by atoms with van der Waals surface area (Å²) < 4.78 is 3.65. The largest absolute Gasteiger partial charge is 0.341 e. The molecule has 7 nitrogen and oxygen atoms in total. The van der Waals surface area contributed by atoms with Crippen LogP contribution >= 0.6 is 11.8 Å². The first-order chi connectivity index (χ1) is 15.3. The summed E-state index contributed by atoms with van der Waals surface area (Å²) in [6.45, 7) is 12.8. The second kappa shape index (κ2) is 11.0. The highest BCUT2D eigenvalue weighted by Gasteiger charge is 2.20. The number of amides is 1. The SMILES string of the molecule is CCCCCn1c(=O)c2ccccc2n2c(SCC(=O)N(CC(C)C)CC(C)C)nnc12. The Labute approximate surface area is 194 Å². The molecule has 3 aromatic rings. The van der Waals surface area contributed by atoms with Crippen molar-refractivity contribution in [3.8, 4) is 0 Å². The Morgan fingerprint density at radius 1 is 1.06 bits per heavy atom. The van der Waals surface area contributed by atoms with Gasteiger partial charge in [-0.1, -0.05) is 71.4 Å². The number of aromatic nitrogens is 4. The predicted octanol–water partition coefficient (Wildman–Crippen LogP) is 4.47. The van der Waals surface area contributed by atoms with Gasteiger partial charge in [0.2, 0.25) is 11.7 Å². The van der Waals surface area contributed by atoms with E-state index in [2.05, 4.69) is 44.8 Å². The molecule has 0 aliphatic rings. The zero-order chi connectivity index (χ0) is 23.3. The lowest BCUT2D eigenvalue weighted by molar-refractivity contribution is -0.129. The number of fused-ring (bicyclic) bond motifs is 3. The van der Waals surface area contributed by atoms with E-state index in [1.54, 1.807) is 4.57 Å². The molecule has 0 aliphatic carbocycles. The maximum atomic E-state index is 13.1. The van der Waals surface area contributed by atoms with Gasteiger partial charge in [0.05, 0.1) is 16.7 Å². The smallest absolute Gasteiger partial charge is 0.262 e. The molecule has 0 N–H and O–H groups in total. The molecular weight excluding hydrogens is 422 g/mol. The van der Waals surface area contributed by atoms with Gasteiger partial charge in [-0.05, 0) is 30.4 Å². The molecule has 0 bridgehead atoms. The molecule has 2 heterocycles. The minimum Gasteiger partial charge on any atom is -0.341 e. The summed E-state index contributed by atoms with van der Waals surface area (Å²) in [4.78, 5) is 28.1. The molecule has 0 aliphatic heterocycles. The highest BCUT2D eigenvalue weighted by molar-refractivity contribution is 7.99. The molecule has 0 radical (unpaired) electrons. The molecule has 8 heteroatoms. The quantitative estimate of drug-likeness (QED) is 0.314. The van der Waals surface area contributed by atoms with E-state index >= 15 is 0 Å². The van der Waals surface area contributed by atoms with Crippen LogP contribution in [0.1, 0.15) is 53.9 Å². The lowest BCUT2D eigenvalue weighted by Crippen LogP contribution is -2.38. The molecule has 0 unspecified atom stereocenters. The summed E-state index contributed by atoms with van der Waals surface area (Å²) in [7, 11) is 0. The summed E-state index contributed by atoms with van der Waals surface area (Å²) >= 11 is 1.39. The minimum atomic E-state index is -0.0377. The van der Waals surface area contributed by atoms with Crippen molar-refractivity contribution < 1.29 is 4.79 Å². The van der Waals surface area contributed by atoms with E-state index in [1.807, 2.05) is 33.6 Å². The van der Waals surface area contributed by atoms with Crippen LogP contribution in [0.15, 0.2) is 34.2 Å². The van der Waals surface area contributed by atoms with Gasteiger partial charge in [0.1, 0.15) is 0 Å². The van der Waals surface area contributed by atoms with Crippen LogP contribution in [-0.2, 0) is 11.3 Å². The molecule has 0 fully saturated rings. The van der Waals surface area contributed by atoms with Crippen molar-refractivity contribution >= 4 is 34.3 Å². The van der Waals surface area contributed by atoms with Crippen LogP contribution in [0.5, 0.6) is 0 Å². The van der Waals surface area contributed by atoms with Crippen LogP contribution in [0.25, 0.3) is 16.7 Å². The highest BCUT2D eigenvalue weighted by Crippen LogP contribution is 2.22. The molecule has 2 aromatic heterocycles. The van der Waals surface area contributed by atoms with Gasteiger partial charge in [-0.15, -0.1) is 10.2 Å². The van der Waals surface area contributed by atoms with E-state index < -0.39 is 0 Å². The van der Waals surface area contributed by atoms with E-state index in [1.165, 1.54) is 11.8 Å². The summed E-state index contributed by atoms with van der Waals surface area (Å²) in [6, 6.07) is 7.55. The highest BCUT2D eigenvalue weighted by atomic mass is 32.2. The maximum absolute atomic E-state index is 13.1. The first-order valence-electron chi connectivity index (χ1n) is 11.6. The monoisotopic (exact) mass is 457 g/mol. The van der Waals surface area contributed by atoms with E-state index in [9.17, 15) is 9.59 Å². The van der Waals surface area contributed by atoms with Crippen LogP contribution in [0, 0.1) is 11.8 Å². The number of aryl methyl sites for hydroxylation is 1. The number of carbonyl (C=O) groups is 1. The fraction of sp³-hybridized carbons (Fsp3) is 0.583. The average molecular weight is 458 g/mol. The van der Waals surface area contributed by atoms with Crippen molar-refractivity contribution in [3.63, 3.8) is 0 Å². The fourth-order valence-corrected chi connectivity index (χ4v) is 4.77. The third-order valence-corrected chi connectivity index (χ3v) is 6.23. The molecule has 1 aromatic carbocycles. The maximum Gasteiger partial charge on any atom is 0.262 e. The van der Waals surface area contributed by atoms with Gasteiger partial charge < -0.3 is 4.90 Å². The molecule has 3 rings (SSSR count). The number of rotatable bonds is 11. The summed E-state index contributed by atoms with van der Waals surface area (Å²) in [5, 5.41) is 10.0. The third-order valence-electron chi connectivity index (χ3n) is 5.31. The molecule has 0 saturated heterocycles. The Bertz CT molecular complexity index is 1110. The zero-order valence-corrected chi connectivity index (χ0v) is 20.7. The van der Waals surface area contributed by atoms with E-state index in [0.29, 0.717) is 40.5 Å². The van der Waals surface area contributed by atoms with Crippen molar-refractivity contribution in [3.05, 3.63) is 34.6 Å². The van der Waals surface area contributed by atoms with Crippen molar-refractivity contribution in [2.75, 3.05) is 18.8 Å². The van der Waals surface area contributed by atoms with Crippen LogP contribution < -0.4 is 5.56 Å².